The lowest BCUT2D eigenvalue weighted by molar-refractivity contribution is 0.0693. The molecule has 9 heteroatoms. The third-order valence-electron chi connectivity index (χ3n) is 4.38. The van der Waals surface area contributed by atoms with Crippen LogP contribution in [0.2, 0.25) is 0 Å². The first kappa shape index (κ1) is 19.8. The normalized spacial score (nSPS) is 15.6. The number of halogens is 2. The second kappa shape index (κ2) is 7.95. The van der Waals surface area contributed by atoms with Crippen molar-refractivity contribution in [3.63, 3.8) is 0 Å². The minimum atomic E-state index is -3.66. The van der Waals surface area contributed by atoms with Crippen molar-refractivity contribution in [1.82, 2.24) is 9.21 Å². The molecule has 2 aromatic rings. The quantitative estimate of drug-likeness (QED) is 0.709. The summed E-state index contributed by atoms with van der Waals surface area (Å²) in [6, 6.07) is 10.4. The molecular weight excluding hydrogens is 439 g/mol. The Hall–Kier alpha value is -1.97. The van der Waals surface area contributed by atoms with Crippen LogP contribution in [0.4, 0.5) is 4.39 Å². The summed E-state index contributed by atoms with van der Waals surface area (Å²) in [5, 5.41) is 0. The summed E-state index contributed by atoms with van der Waals surface area (Å²) in [5.41, 5.74) is -0.0235. The first-order chi connectivity index (χ1) is 12.8. The minimum Gasteiger partial charge on any atom is -0.497 e. The minimum absolute atomic E-state index is 0.0235. The lowest BCUT2D eigenvalue weighted by Crippen LogP contribution is -2.50. The number of piperazine rings is 1. The van der Waals surface area contributed by atoms with Crippen molar-refractivity contribution < 1.29 is 22.3 Å². The molecule has 0 spiro atoms. The summed E-state index contributed by atoms with van der Waals surface area (Å²) in [5.74, 6) is -0.481. The van der Waals surface area contributed by atoms with Gasteiger partial charge in [-0.05, 0) is 42.5 Å². The fourth-order valence-corrected chi connectivity index (χ4v) is 4.62. The molecular formula is C18H18BrFN2O4S. The average molecular weight is 457 g/mol. The smallest absolute Gasteiger partial charge is 0.256 e. The zero-order chi connectivity index (χ0) is 19.6. The van der Waals surface area contributed by atoms with Crippen LogP contribution in [0.3, 0.4) is 0 Å². The topological polar surface area (TPSA) is 66.9 Å². The van der Waals surface area contributed by atoms with Crippen LogP contribution in [0.5, 0.6) is 5.75 Å². The van der Waals surface area contributed by atoms with Gasteiger partial charge in [0.1, 0.15) is 11.6 Å². The molecule has 1 aliphatic heterocycles. The van der Waals surface area contributed by atoms with Crippen molar-refractivity contribution in [2.45, 2.75) is 4.90 Å². The molecule has 1 heterocycles. The summed E-state index contributed by atoms with van der Waals surface area (Å²) in [6.45, 7) is 0.698. The van der Waals surface area contributed by atoms with E-state index in [2.05, 4.69) is 15.9 Å². The molecule has 0 radical (unpaired) electrons. The molecule has 0 saturated carbocycles. The fraction of sp³-hybridized carbons (Fsp3) is 0.278. The molecule has 0 atom stereocenters. The Morgan fingerprint density at radius 2 is 1.70 bits per heavy atom. The van der Waals surface area contributed by atoms with Crippen LogP contribution in [-0.2, 0) is 10.0 Å². The van der Waals surface area contributed by atoms with Crippen LogP contribution in [0.15, 0.2) is 51.8 Å². The molecule has 6 nitrogen and oxygen atoms in total. The molecule has 0 aliphatic carbocycles. The number of methoxy groups -OCH3 is 1. The lowest BCUT2D eigenvalue weighted by Gasteiger charge is -2.34. The van der Waals surface area contributed by atoms with E-state index in [1.165, 1.54) is 40.6 Å². The number of amides is 1. The molecule has 1 aliphatic rings. The molecule has 2 aromatic carbocycles. The predicted molar refractivity (Wildman–Crippen MR) is 102 cm³/mol. The predicted octanol–water partition coefficient (Wildman–Crippen LogP) is 2.74. The van der Waals surface area contributed by atoms with Gasteiger partial charge in [0.2, 0.25) is 10.0 Å². The van der Waals surface area contributed by atoms with Gasteiger partial charge in [0.15, 0.2) is 0 Å². The maximum Gasteiger partial charge on any atom is 0.256 e. The van der Waals surface area contributed by atoms with E-state index >= 15 is 0 Å². The molecule has 0 unspecified atom stereocenters. The molecule has 144 valence electrons. The van der Waals surface area contributed by atoms with E-state index in [0.717, 1.165) is 0 Å². The highest BCUT2D eigenvalue weighted by molar-refractivity contribution is 9.10. The van der Waals surface area contributed by atoms with Gasteiger partial charge in [0.05, 0.1) is 17.6 Å². The van der Waals surface area contributed by atoms with Gasteiger partial charge in [-0.3, -0.25) is 4.79 Å². The van der Waals surface area contributed by atoms with Gasteiger partial charge in [-0.2, -0.15) is 4.31 Å². The number of rotatable bonds is 4. The van der Waals surface area contributed by atoms with E-state index in [1.54, 1.807) is 18.2 Å². The second-order valence-corrected chi connectivity index (χ2v) is 8.85. The zero-order valence-corrected chi connectivity index (χ0v) is 17.0. The van der Waals surface area contributed by atoms with Crippen molar-refractivity contribution in [2.75, 3.05) is 33.3 Å². The molecule has 0 N–H and O–H groups in total. The van der Waals surface area contributed by atoms with Gasteiger partial charge in [0, 0.05) is 30.7 Å². The highest BCUT2D eigenvalue weighted by atomic mass is 79.9. The Kier molecular flexibility index (Phi) is 5.83. The van der Waals surface area contributed by atoms with Crippen molar-refractivity contribution in [3.05, 3.63) is 58.3 Å². The van der Waals surface area contributed by atoms with Crippen LogP contribution in [-0.4, -0.2) is 56.8 Å². The number of hydrogen-bond acceptors (Lipinski definition) is 4. The van der Waals surface area contributed by atoms with Gasteiger partial charge < -0.3 is 9.64 Å². The first-order valence-electron chi connectivity index (χ1n) is 8.21. The van der Waals surface area contributed by atoms with E-state index in [4.69, 9.17) is 4.74 Å². The first-order valence-corrected chi connectivity index (χ1v) is 10.4. The Labute approximate surface area is 165 Å². The van der Waals surface area contributed by atoms with E-state index < -0.39 is 21.7 Å². The lowest BCUT2D eigenvalue weighted by atomic mass is 10.1. The molecule has 1 fully saturated rings. The largest absolute Gasteiger partial charge is 0.497 e. The third kappa shape index (κ3) is 4.15. The van der Waals surface area contributed by atoms with Crippen molar-refractivity contribution in [3.8, 4) is 5.75 Å². The second-order valence-electron chi connectivity index (χ2n) is 6.00. The van der Waals surface area contributed by atoms with Crippen LogP contribution >= 0.6 is 15.9 Å². The number of hydrogen-bond donors (Lipinski definition) is 0. The third-order valence-corrected chi connectivity index (χ3v) is 6.79. The highest BCUT2D eigenvalue weighted by Crippen LogP contribution is 2.22. The summed E-state index contributed by atoms with van der Waals surface area (Å²) in [4.78, 5) is 14.2. The van der Waals surface area contributed by atoms with E-state index in [9.17, 15) is 17.6 Å². The number of carbonyl (C=O) groups excluding carboxylic acids is 1. The number of benzene rings is 2. The molecule has 27 heavy (non-hydrogen) atoms. The molecule has 3 rings (SSSR count). The number of sulfonamides is 1. The molecule has 0 bridgehead atoms. The number of carbonyl (C=O) groups is 1. The maximum atomic E-state index is 14.0. The van der Waals surface area contributed by atoms with Crippen LogP contribution in [0, 0.1) is 5.82 Å². The summed E-state index contributed by atoms with van der Waals surface area (Å²) >= 11 is 3.16. The van der Waals surface area contributed by atoms with Crippen molar-refractivity contribution in [2.24, 2.45) is 0 Å². The summed E-state index contributed by atoms with van der Waals surface area (Å²) in [6.07, 6.45) is 0. The van der Waals surface area contributed by atoms with Gasteiger partial charge >= 0.3 is 0 Å². The van der Waals surface area contributed by atoms with Crippen LogP contribution in [0.1, 0.15) is 10.4 Å². The van der Waals surface area contributed by atoms with Gasteiger partial charge in [0.25, 0.3) is 5.91 Å². The number of nitrogens with zero attached hydrogens (tertiary/aromatic N) is 2. The Bertz CT molecular complexity index is 942. The molecule has 1 saturated heterocycles. The monoisotopic (exact) mass is 456 g/mol. The van der Waals surface area contributed by atoms with Crippen LogP contribution < -0.4 is 4.74 Å². The van der Waals surface area contributed by atoms with Gasteiger partial charge in [-0.25, -0.2) is 12.8 Å². The zero-order valence-electron chi connectivity index (χ0n) is 14.6. The van der Waals surface area contributed by atoms with Crippen molar-refractivity contribution in [1.29, 1.82) is 0 Å². The molecule has 1 amide bonds. The van der Waals surface area contributed by atoms with Gasteiger partial charge in [-0.15, -0.1) is 0 Å². The maximum absolute atomic E-state index is 14.0. The SMILES string of the molecule is COc1ccc(S(=O)(=O)N2CCN(C(=O)c3ccc(Br)cc3F)CC2)cc1. The average Bonchev–Trinajstić information content (AvgIpc) is 2.67. The molecule has 0 aromatic heterocycles. The highest BCUT2D eigenvalue weighted by Gasteiger charge is 2.31. The number of ether oxygens (including phenoxy) is 1. The summed E-state index contributed by atoms with van der Waals surface area (Å²) < 4.78 is 46.4. The fourth-order valence-electron chi connectivity index (χ4n) is 2.86. The Morgan fingerprint density at radius 1 is 1.07 bits per heavy atom. The van der Waals surface area contributed by atoms with Crippen LogP contribution in [0.25, 0.3) is 0 Å². The standard InChI is InChI=1S/C18H18BrFN2O4S/c1-26-14-3-5-15(6-4-14)27(24,25)22-10-8-21(9-11-22)18(23)16-7-2-13(19)12-17(16)20/h2-7,12H,8-11H2,1H3. The van der Waals surface area contributed by atoms with E-state index in [-0.39, 0.29) is 36.6 Å². The van der Waals surface area contributed by atoms with E-state index in [1.807, 2.05) is 0 Å². The van der Waals surface area contributed by atoms with Crippen molar-refractivity contribution >= 4 is 31.9 Å². The Balaban J connectivity index is 1.69. The van der Waals surface area contributed by atoms with Gasteiger partial charge in [-0.1, -0.05) is 15.9 Å². The Morgan fingerprint density at radius 3 is 2.26 bits per heavy atom. The van der Waals surface area contributed by atoms with E-state index in [0.29, 0.717) is 10.2 Å². The summed E-state index contributed by atoms with van der Waals surface area (Å²) in [7, 11) is -2.15.